The number of nitrogens with zero attached hydrogens (tertiary/aromatic N) is 2. The van der Waals surface area contributed by atoms with Crippen molar-refractivity contribution in [3.63, 3.8) is 0 Å². The lowest BCUT2D eigenvalue weighted by molar-refractivity contribution is -0.118. The van der Waals surface area contributed by atoms with Crippen LogP contribution in [0.3, 0.4) is 0 Å². The monoisotopic (exact) mass is 520 g/mol. The zero-order chi connectivity index (χ0) is 23.2. The van der Waals surface area contributed by atoms with Crippen molar-refractivity contribution >= 4 is 44.2 Å². The summed E-state index contributed by atoms with van der Waals surface area (Å²) in [6.45, 7) is 2.01. The average molecular weight is 521 g/mol. The zero-order valence-electron chi connectivity index (χ0n) is 17.8. The van der Waals surface area contributed by atoms with E-state index in [4.69, 9.17) is 0 Å². The first-order valence-corrected chi connectivity index (χ1v) is 11.9. The number of amides is 2. The van der Waals surface area contributed by atoms with Gasteiger partial charge in [0, 0.05) is 22.0 Å². The Bertz CT molecular complexity index is 1280. The van der Waals surface area contributed by atoms with Crippen LogP contribution in [-0.4, -0.2) is 28.1 Å². The van der Waals surface area contributed by atoms with Crippen molar-refractivity contribution in [2.45, 2.75) is 19.4 Å². The molecule has 1 aromatic heterocycles. The number of hydrogen-bond donors (Lipinski definition) is 2. The highest BCUT2D eigenvalue weighted by Gasteiger charge is 2.23. The molecule has 2 N–H and O–H groups in total. The lowest BCUT2D eigenvalue weighted by Gasteiger charge is -2.18. The average Bonchev–Trinajstić information content (AvgIpc) is 3.28. The van der Waals surface area contributed by atoms with Crippen LogP contribution in [0.15, 0.2) is 83.3 Å². The maximum absolute atomic E-state index is 13.2. The van der Waals surface area contributed by atoms with E-state index in [9.17, 15) is 9.59 Å². The van der Waals surface area contributed by atoms with Crippen molar-refractivity contribution in [3.05, 3.63) is 100 Å². The van der Waals surface area contributed by atoms with Crippen molar-refractivity contribution < 1.29 is 9.59 Å². The first kappa shape index (κ1) is 22.8. The van der Waals surface area contributed by atoms with Crippen LogP contribution in [0.4, 0.5) is 5.13 Å². The summed E-state index contributed by atoms with van der Waals surface area (Å²) in [5.41, 5.74) is 3.46. The molecule has 0 saturated carbocycles. The van der Waals surface area contributed by atoms with Gasteiger partial charge in [0.25, 0.3) is 5.91 Å². The van der Waals surface area contributed by atoms with Gasteiger partial charge in [-0.05, 0) is 36.8 Å². The maximum Gasteiger partial charge on any atom is 0.251 e. The van der Waals surface area contributed by atoms with Gasteiger partial charge in [-0.25, -0.2) is 0 Å². The molecule has 0 fully saturated rings. The third kappa shape index (κ3) is 6.12. The SMILES string of the molecule is Cc1cccc(-c2nnc(NC(=O)C(Cc3ccccc3)NC(=O)c3cccc(Br)c3)s2)c1. The standard InChI is InChI=1S/C25H21BrN4O2S/c1-16-7-5-11-19(13-16)24-29-30-25(33-24)28-23(32)21(14-17-8-3-2-4-9-17)27-22(31)18-10-6-12-20(26)15-18/h2-13,15,21H,14H2,1H3,(H,27,31)(H,28,30,32). The molecule has 0 bridgehead atoms. The summed E-state index contributed by atoms with van der Waals surface area (Å²) in [6, 6.07) is 23.7. The van der Waals surface area contributed by atoms with E-state index >= 15 is 0 Å². The molecule has 0 aliphatic carbocycles. The van der Waals surface area contributed by atoms with E-state index in [2.05, 4.69) is 36.8 Å². The Morgan fingerprint density at radius 2 is 1.76 bits per heavy atom. The highest BCUT2D eigenvalue weighted by atomic mass is 79.9. The minimum atomic E-state index is -0.787. The molecule has 4 aromatic rings. The number of aromatic nitrogens is 2. The van der Waals surface area contributed by atoms with Crippen molar-refractivity contribution in [2.75, 3.05) is 5.32 Å². The number of halogens is 1. The minimum Gasteiger partial charge on any atom is -0.340 e. The number of rotatable bonds is 7. The molecule has 0 aliphatic rings. The Kier molecular flexibility index (Phi) is 7.26. The summed E-state index contributed by atoms with van der Waals surface area (Å²) < 4.78 is 0.789. The Morgan fingerprint density at radius 3 is 2.52 bits per heavy atom. The molecule has 0 radical (unpaired) electrons. The van der Waals surface area contributed by atoms with Gasteiger partial charge in [0.2, 0.25) is 11.0 Å². The molecule has 0 aliphatic heterocycles. The summed E-state index contributed by atoms with van der Waals surface area (Å²) >= 11 is 4.67. The molecule has 166 valence electrons. The topological polar surface area (TPSA) is 84.0 Å². The lowest BCUT2D eigenvalue weighted by Crippen LogP contribution is -2.45. The van der Waals surface area contributed by atoms with Crippen LogP contribution in [0.5, 0.6) is 0 Å². The summed E-state index contributed by atoms with van der Waals surface area (Å²) in [7, 11) is 0. The molecule has 3 aromatic carbocycles. The van der Waals surface area contributed by atoms with Crippen LogP contribution in [0.1, 0.15) is 21.5 Å². The minimum absolute atomic E-state index is 0.329. The molecule has 6 nitrogen and oxygen atoms in total. The molecule has 4 rings (SSSR count). The number of anilines is 1. The van der Waals surface area contributed by atoms with Gasteiger partial charge in [-0.1, -0.05) is 87.4 Å². The van der Waals surface area contributed by atoms with Gasteiger partial charge >= 0.3 is 0 Å². The second-order valence-electron chi connectivity index (χ2n) is 7.50. The molecule has 0 saturated heterocycles. The van der Waals surface area contributed by atoms with Gasteiger partial charge in [0.05, 0.1) is 0 Å². The summed E-state index contributed by atoms with van der Waals surface area (Å²) in [4.78, 5) is 26.0. The van der Waals surface area contributed by atoms with Gasteiger partial charge in [0.15, 0.2) is 0 Å². The largest absolute Gasteiger partial charge is 0.340 e. The van der Waals surface area contributed by atoms with Crippen molar-refractivity contribution in [1.29, 1.82) is 0 Å². The number of carbonyl (C=O) groups excluding carboxylic acids is 2. The normalized spacial score (nSPS) is 11.6. The fraction of sp³-hybridized carbons (Fsp3) is 0.120. The predicted molar refractivity (Wildman–Crippen MR) is 134 cm³/mol. The quantitative estimate of drug-likeness (QED) is 0.348. The summed E-state index contributed by atoms with van der Waals surface area (Å²) in [5, 5.41) is 15.1. The predicted octanol–water partition coefficient (Wildman–Crippen LogP) is 5.26. The molecule has 0 spiro atoms. The number of benzene rings is 3. The summed E-state index contributed by atoms with van der Waals surface area (Å²) in [6.07, 6.45) is 0.343. The fourth-order valence-corrected chi connectivity index (χ4v) is 4.43. The Hall–Kier alpha value is -3.36. The van der Waals surface area contributed by atoms with E-state index in [0.717, 1.165) is 21.2 Å². The van der Waals surface area contributed by atoms with E-state index in [1.54, 1.807) is 18.2 Å². The molecular formula is C25H21BrN4O2S. The van der Waals surface area contributed by atoms with Crippen molar-refractivity contribution in [3.8, 4) is 10.6 Å². The lowest BCUT2D eigenvalue weighted by atomic mass is 10.0. The van der Waals surface area contributed by atoms with Gasteiger partial charge < -0.3 is 5.32 Å². The van der Waals surface area contributed by atoms with E-state index in [1.165, 1.54) is 11.3 Å². The number of aryl methyl sites for hydroxylation is 1. The third-order valence-electron chi connectivity index (χ3n) is 4.91. The van der Waals surface area contributed by atoms with Gasteiger partial charge in [0.1, 0.15) is 11.0 Å². The fourth-order valence-electron chi connectivity index (χ4n) is 3.29. The van der Waals surface area contributed by atoms with Gasteiger partial charge in [-0.15, -0.1) is 10.2 Å². The molecule has 33 heavy (non-hydrogen) atoms. The first-order chi connectivity index (χ1) is 16.0. The van der Waals surface area contributed by atoms with Crippen molar-refractivity contribution in [1.82, 2.24) is 15.5 Å². The van der Waals surface area contributed by atoms with E-state index in [1.807, 2.05) is 67.6 Å². The summed E-state index contributed by atoms with van der Waals surface area (Å²) in [5.74, 6) is -0.681. The Morgan fingerprint density at radius 1 is 0.970 bits per heavy atom. The Balaban J connectivity index is 1.52. The van der Waals surface area contributed by atoms with Gasteiger partial charge in [-0.2, -0.15) is 0 Å². The molecule has 2 amide bonds. The van der Waals surface area contributed by atoms with Crippen LogP contribution in [0, 0.1) is 6.92 Å². The second-order valence-corrected chi connectivity index (χ2v) is 9.39. The highest BCUT2D eigenvalue weighted by Crippen LogP contribution is 2.27. The van der Waals surface area contributed by atoms with E-state index in [-0.39, 0.29) is 11.8 Å². The molecule has 1 unspecified atom stereocenters. The Labute approximate surface area is 204 Å². The highest BCUT2D eigenvalue weighted by molar-refractivity contribution is 9.10. The van der Waals surface area contributed by atoms with E-state index < -0.39 is 6.04 Å². The van der Waals surface area contributed by atoms with Crippen LogP contribution < -0.4 is 10.6 Å². The second kappa shape index (κ2) is 10.5. The molecule has 1 atom stereocenters. The zero-order valence-corrected chi connectivity index (χ0v) is 20.2. The third-order valence-corrected chi connectivity index (χ3v) is 6.29. The number of hydrogen-bond acceptors (Lipinski definition) is 5. The number of carbonyl (C=O) groups is 2. The molecule has 8 heteroatoms. The van der Waals surface area contributed by atoms with Gasteiger partial charge in [-0.3, -0.25) is 14.9 Å². The smallest absolute Gasteiger partial charge is 0.251 e. The number of nitrogens with one attached hydrogen (secondary N) is 2. The molecule has 1 heterocycles. The van der Waals surface area contributed by atoms with Crippen LogP contribution in [0.25, 0.3) is 10.6 Å². The first-order valence-electron chi connectivity index (χ1n) is 10.3. The van der Waals surface area contributed by atoms with Crippen molar-refractivity contribution in [2.24, 2.45) is 0 Å². The molecular weight excluding hydrogens is 500 g/mol. The van der Waals surface area contributed by atoms with Crippen LogP contribution in [0.2, 0.25) is 0 Å². The maximum atomic E-state index is 13.2. The van der Waals surface area contributed by atoms with Crippen LogP contribution in [-0.2, 0) is 11.2 Å². The van der Waals surface area contributed by atoms with E-state index in [0.29, 0.717) is 22.1 Å². The van der Waals surface area contributed by atoms with Crippen LogP contribution >= 0.6 is 27.3 Å².